The maximum absolute atomic E-state index is 2.59. The topological polar surface area (TPSA) is 6.48 Å². The van der Waals surface area contributed by atoms with Gasteiger partial charge in [0, 0.05) is 34.1 Å². The Hall–Kier alpha value is -5.80. The van der Waals surface area contributed by atoms with Crippen molar-refractivity contribution < 1.29 is 0 Å². The van der Waals surface area contributed by atoms with Gasteiger partial charge in [-0.3, -0.25) is 0 Å². The summed E-state index contributed by atoms with van der Waals surface area (Å²) in [7, 11) is 0. The van der Waals surface area contributed by atoms with Crippen molar-refractivity contribution in [2.45, 2.75) is 80.1 Å². The van der Waals surface area contributed by atoms with Crippen LogP contribution in [0.15, 0.2) is 140 Å². The van der Waals surface area contributed by atoms with E-state index in [1.165, 1.54) is 106 Å². The van der Waals surface area contributed by atoms with Gasteiger partial charge in [0.1, 0.15) is 0 Å². The van der Waals surface area contributed by atoms with E-state index in [-0.39, 0.29) is 6.71 Å². The van der Waals surface area contributed by atoms with Gasteiger partial charge < -0.3 is 9.80 Å². The lowest BCUT2D eigenvalue weighted by Crippen LogP contribution is -2.61. The third-order valence-corrected chi connectivity index (χ3v) is 12.5. The Labute approximate surface area is 340 Å². The first-order chi connectivity index (χ1) is 27.5. The highest BCUT2D eigenvalue weighted by Crippen LogP contribution is 2.47. The number of rotatable bonds is 7. The van der Waals surface area contributed by atoms with Gasteiger partial charge >= 0.3 is 0 Å². The third kappa shape index (κ3) is 6.29. The number of nitrogens with zero attached hydrogens (tertiary/aromatic N) is 2. The number of fused-ring (bicyclic) bond motifs is 4. The summed E-state index contributed by atoms with van der Waals surface area (Å²) in [6.45, 7) is 20.6. The molecule has 57 heavy (non-hydrogen) atoms. The van der Waals surface area contributed by atoms with Gasteiger partial charge in [0.05, 0.1) is 0 Å². The molecule has 0 amide bonds. The Balaban J connectivity index is 1.38. The molecule has 0 unspecified atom stereocenters. The monoisotopic (exact) mass is 740 g/mol. The van der Waals surface area contributed by atoms with E-state index < -0.39 is 0 Å². The van der Waals surface area contributed by atoms with Crippen molar-refractivity contribution in [2.24, 2.45) is 0 Å². The Morgan fingerprint density at radius 2 is 0.912 bits per heavy atom. The van der Waals surface area contributed by atoms with E-state index in [0.717, 1.165) is 0 Å². The minimum atomic E-state index is 0.0795. The number of hydrogen-bond acceptors (Lipinski definition) is 2. The van der Waals surface area contributed by atoms with Gasteiger partial charge in [0.2, 0.25) is 0 Å². The summed E-state index contributed by atoms with van der Waals surface area (Å²) in [4.78, 5) is 5.13. The van der Waals surface area contributed by atoms with Crippen LogP contribution in [0.2, 0.25) is 0 Å². The zero-order valence-electron chi connectivity index (χ0n) is 35.0. The molecule has 0 fully saturated rings. The molecule has 3 heteroatoms. The maximum atomic E-state index is 2.59. The first-order valence-electron chi connectivity index (χ1n) is 20.9. The van der Waals surface area contributed by atoms with Crippen molar-refractivity contribution in [3.8, 4) is 22.3 Å². The van der Waals surface area contributed by atoms with E-state index in [1.54, 1.807) is 0 Å². The first kappa shape index (κ1) is 36.8. The standard InChI is InChI=1S/C54H53BN2/c1-33(2)39-18-22-45(23-19-39)56-49-24-20-41(34(3)4)31-47(49)55-48-32-42(35(5)6)21-25-50(48)57(52-27-36(7)26-51(56)54(52)55)46-29-43(40-16-11-10-12-17-40)28-44(30-46)53-37(8)14-13-15-38(53)9/h10-35H,1-9H3. The Kier molecular flexibility index (Phi) is 9.24. The molecule has 7 aromatic carbocycles. The fourth-order valence-corrected chi connectivity index (χ4v) is 9.41. The van der Waals surface area contributed by atoms with Gasteiger partial charge in [-0.05, 0) is 165 Å². The highest BCUT2D eigenvalue weighted by Gasteiger charge is 2.44. The smallest absolute Gasteiger partial charge is 0.252 e. The van der Waals surface area contributed by atoms with Crippen molar-refractivity contribution in [1.82, 2.24) is 0 Å². The van der Waals surface area contributed by atoms with E-state index in [9.17, 15) is 0 Å². The third-order valence-electron chi connectivity index (χ3n) is 12.5. The molecule has 282 valence electrons. The highest BCUT2D eigenvalue weighted by molar-refractivity contribution is 7.00. The normalized spacial score (nSPS) is 13.0. The fourth-order valence-electron chi connectivity index (χ4n) is 9.41. The number of hydrogen-bond donors (Lipinski definition) is 0. The van der Waals surface area contributed by atoms with E-state index in [1.807, 2.05) is 0 Å². The van der Waals surface area contributed by atoms with Crippen molar-refractivity contribution in [1.29, 1.82) is 0 Å². The molecule has 2 heterocycles. The Morgan fingerprint density at radius 3 is 1.46 bits per heavy atom. The van der Waals surface area contributed by atoms with Crippen LogP contribution in [0.4, 0.5) is 34.1 Å². The molecule has 0 radical (unpaired) electrons. The van der Waals surface area contributed by atoms with Crippen LogP contribution in [0.5, 0.6) is 0 Å². The van der Waals surface area contributed by atoms with Crippen LogP contribution in [0.3, 0.4) is 0 Å². The van der Waals surface area contributed by atoms with Gasteiger partial charge in [0.25, 0.3) is 6.71 Å². The summed E-state index contributed by atoms with van der Waals surface area (Å²) >= 11 is 0. The molecule has 2 aliphatic rings. The predicted molar refractivity (Wildman–Crippen MR) is 248 cm³/mol. The lowest BCUT2D eigenvalue weighted by atomic mass is 9.33. The fraction of sp³-hybridized carbons (Fsp3) is 0.222. The molecule has 2 aliphatic heterocycles. The zero-order chi connectivity index (χ0) is 39.7. The van der Waals surface area contributed by atoms with E-state index in [4.69, 9.17) is 0 Å². The molecule has 0 aromatic heterocycles. The highest BCUT2D eigenvalue weighted by atomic mass is 15.2. The van der Waals surface area contributed by atoms with Gasteiger partial charge in [-0.1, -0.05) is 126 Å². The van der Waals surface area contributed by atoms with Crippen LogP contribution in [0, 0.1) is 20.8 Å². The number of benzene rings is 7. The quantitative estimate of drug-likeness (QED) is 0.150. The van der Waals surface area contributed by atoms with Crippen molar-refractivity contribution in [3.05, 3.63) is 173 Å². The molecule has 0 bridgehead atoms. The van der Waals surface area contributed by atoms with Gasteiger partial charge in [-0.2, -0.15) is 0 Å². The lowest BCUT2D eigenvalue weighted by molar-refractivity contribution is 0.866. The molecule has 0 spiro atoms. The lowest BCUT2D eigenvalue weighted by Gasteiger charge is -2.45. The maximum Gasteiger partial charge on any atom is 0.252 e. The van der Waals surface area contributed by atoms with Crippen molar-refractivity contribution >= 4 is 57.2 Å². The van der Waals surface area contributed by atoms with E-state index >= 15 is 0 Å². The molecule has 0 N–H and O–H groups in total. The first-order valence-corrected chi connectivity index (χ1v) is 20.9. The summed E-state index contributed by atoms with van der Waals surface area (Å²) < 4.78 is 0. The minimum absolute atomic E-state index is 0.0795. The second-order valence-corrected chi connectivity index (χ2v) is 17.4. The number of aryl methyl sites for hydroxylation is 3. The predicted octanol–water partition coefficient (Wildman–Crippen LogP) is 13.4. The molecule has 9 rings (SSSR count). The summed E-state index contributed by atoms with van der Waals surface area (Å²) in [5.41, 5.74) is 24.4. The molecule has 0 saturated heterocycles. The van der Waals surface area contributed by atoms with E-state index in [0.29, 0.717) is 17.8 Å². The van der Waals surface area contributed by atoms with Crippen LogP contribution in [0.1, 0.15) is 92.7 Å². The van der Waals surface area contributed by atoms with Gasteiger partial charge in [-0.25, -0.2) is 0 Å². The Bertz CT molecular complexity index is 2630. The van der Waals surface area contributed by atoms with Crippen LogP contribution >= 0.6 is 0 Å². The average Bonchev–Trinajstić information content (AvgIpc) is 3.20. The molecule has 7 aromatic rings. The second-order valence-electron chi connectivity index (χ2n) is 17.4. The summed E-state index contributed by atoms with van der Waals surface area (Å²) in [6, 6.07) is 53.5. The van der Waals surface area contributed by atoms with Crippen molar-refractivity contribution in [3.63, 3.8) is 0 Å². The van der Waals surface area contributed by atoms with Crippen LogP contribution in [-0.4, -0.2) is 6.71 Å². The van der Waals surface area contributed by atoms with E-state index in [2.05, 4.69) is 212 Å². The summed E-state index contributed by atoms with van der Waals surface area (Å²) in [5, 5.41) is 0. The van der Waals surface area contributed by atoms with Gasteiger partial charge in [0.15, 0.2) is 0 Å². The van der Waals surface area contributed by atoms with Gasteiger partial charge in [-0.15, -0.1) is 0 Å². The largest absolute Gasteiger partial charge is 0.311 e. The molecule has 0 atom stereocenters. The van der Waals surface area contributed by atoms with Crippen LogP contribution in [0.25, 0.3) is 22.3 Å². The van der Waals surface area contributed by atoms with Crippen LogP contribution < -0.4 is 26.2 Å². The van der Waals surface area contributed by atoms with Crippen LogP contribution in [-0.2, 0) is 0 Å². The summed E-state index contributed by atoms with van der Waals surface area (Å²) in [5.74, 6) is 1.29. The number of anilines is 6. The minimum Gasteiger partial charge on any atom is -0.311 e. The molecule has 0 aliphatic carbocycles. The molecule has 0 saturated carbocycles. The van der Waals surface area contributed by atoms with Crippen molar-refractivity contribution in [2.75, 3.05) is 9.80 Å². The Morgan fingerprint density at radius 1 is 0.404 bits per heavy atom. The zero-order valence-corrected chi connectivity index (χ0v) is 35.0. The average molecular weight is 741 g/mol. The molecular weight excluding hydrogens is 687 g/mol. The molecule has 2 nitrogen and oxygen atoms in total. The SMILES string of the molecule is Cc1cc2c3c(c1)N(c1cc(-c4ccccc4)cc(-c4c(C)cccc4C)c1)c1ccc(C(C)C)cc1B3c1cc(C(C)C)ccc1N2c1ccc(C(C)C)cc1. The molecular formula is C54H53BN2. The summed E-state index contributed by atoms with van der Waals surface area (Å²) in [6.07, 6.45) is 0. The second kappa shape index (κ2) is 14.3.